The molecule has 106 valence electrons. The molecule has 1 aliphatic carbocycles. The van der Waals surface area contributed by atoms with Crippen molar-refractivity contribution < 1.29 is 4.79 Å². The maximum Gasteiger partial charge on any atom is 0.237 e. The topological polar surface area (TPSA) is 72.3 Å². The molecule has 2 unspecified atom stereocenters. The Balaban J connectivity index is 2.50. The van der Waals surface area contributed by atoms with Crippen LogP contribution in [-0.2, 0) is 4.79 Å². The van der Waals surface area contributed by atoms with Gasteiger partial charge in [0.05, 0.1) is 5.54 Å². The number of amides is 1. The smallest absolute Gasteiger partial charge is 0.237 e. The minimum Gasteiger partial charge on any atom is -0.368 e. The summed E-state index contributed by atoms with van der Waals surface area (Å²) in [5.74, 6) is -0.0676. The van der Waals surface area contributed by atoms with E-state index in [0.717, 1.165) is 32.2 Å². The minimum absolute atomic E-state index is 0.256. The molecule has 18 heavy (non-hydrogen) atoms. The average molecular weight is 255 g/mol. The first kappa shape index (κ1) is 15.4. The highest BCUT2D eigenvalue weighted by atomic mass is 16.1. The Morgan fingerprint density at radius 2 is 2.06 bits per heavy atom. The molecule has 1 aliphatic rings. The molecule has 0 aromatic rings. The Hall–Kier alpha value is -0.610. The number of carbonyl (C=O) groups is 1. The largest absolute Gasteiger partial charge is 0.368 e. The predicted molar refractivity (Wildman–Crippen MR) is 75.1 cm³/mol. The fourth-order valence-corrected chi connectivity index (χ4v) is 3.28. The summed E-state index contributed by atoms with van der Waals surface area (Å²) in [6, 6.07) is 0.632. The molecular formula is C14H29N3O. The molecule has 1 saturated carbocycles. The van der Waals surface area contributed by atoms with Crippen LogP contribution in [0.25, 0.3) is 0 Å². The zero-order valence-corrected chi connectivity index (χ0v) is 12.1. The molecule has 0 saturated heterocycles. The summed E-state index contributed by atoms with van der Waals surface area (Å²) < 4.78 is 0. The van der Waals surface area contributed by atoms with Gasteiger partial charge in [-0.25, -0.2) is 0 Å². The Morgan fingerprint density at radius 3 is 2.56 bits per heavy atom. The monoisotopic (exact) mass is 255 g/mol. The van der Waals surface area contributed by atoms with E-state index in [1.807, 2.05) is 0 Å². The molecule has 0 aromatic carbocycles. The Kier molecular flexibility index (Phi) is 5.60. The minimum atomic E-state index is -0.755. The van der Waals surface area contributed by atoms with Gasteiger partial charge in [-0.15, -0.1) is 0 Å². The van der Waals surface area contributed by atoms with Crippen molar-refractivity contribution >= 4 is 5.91 Å². The second kappa shape index (κ2) is 6.53. The molecule has 1 fully saturated rings. The van der Waals surface area contributed by atoms with Gasteiger partial charge in [0, 0.05) is 6.04 Å². The molecular weight excluding hydrogens is 226 g/mol. The lowest BCUT2D eigenvalue weighted by Crippen LogP contribution is -2.55. The predicted octanol–water partition coefficient (Wildman–Crippen LogP) is 1.48. The lowest BCUT2D eigenvalue weighted by molar-refractivity contribution is -0.124. The van der Waals surface area contributed by atoms with Gasteiger partial charge in [0.2, 0.25) is 5.91 Å². The fourth-order valence-electron chi connectivity index (χ4n) is 3.28. The van der Waals surface area contributed by atoms with Crippen LogP contribution in [0.15, 0.2) is 0 Å². The molecule has 4 N–H and O–H groups in total. The van der Waals surface area contributed by atoms with Crippen molar-refractivity contribution in [2.24, 2.45) is 17.4 Å². The first-order valence-electron chi connectivity index (χ1n) is 7.24. The van der Waals surface area contributed by atoms with Crippen molar-refractivity contribution in [2.45, 2.75) is 64.0 Å². The highest BCUT2D eigenvalue weighted by Gasteiger charge is 2.43. The van der Waals surface area contributed by atoms with Gasteiger partial charge in [-0.1, -0.05) is 20.3 Å². The van der Waals surface area contributed by atoms with E-state index in [0.29, 0.717) is 6.04 Å². The van der Waals surface area contributed by atoms with Crippen molar-refractivity contribution in [3.63, 3.8) is 0 Å². The lowest BCUT2D eigenvalue weighted by Gasteiger charge is -2.31. The summed E-state index contributed by atoms with van der Waals surface area (Å²) in [6.45, 7) is 5.44. The standard InChI is InChI=1S/C14H29N3O/c1-4-12(5-2)17(3)10-8-11-7-6-9-14(11,16)13(15)18/h11-12H,4-10,16H2,1-3H3,(H2,15,18). The molecule has 4 nitrogen and oxygen atoms in total. The van der Waals surface area contributed by atoms with E-state index < -0.39 is 5.54 Å². The van der Waals surface area contributed by atoms with Crippen LogP contribution in [0.3, 0.4) is 0 Å². The van der Waals surface area contributed by atoms with Gasteiger partial charge >= 0.3 is 0 Å². The van der Waals surface area contributed by atoms with Crippen LogP contribution in [0.5, 0.6) is 0 Å². The number of rotatable bonds is 7. The van der Waals surface area contributed by atoms with Crippen LogP contribution in [0.1, 0.15) is 52.4 Å². The number of nitrogens with zero attached hydrogens (tertiary/aromatic N) is 1. The molecule has 0 aromatic heterocycles. The summed E-state index contributed by atoms with van der Waals surface area (Å²) in [5, 5.41) is 0. The Bertz CT molecular complexity index is 278. The number of carbonyl (C=O) groups excluding carboxylic acids is 1. The second-order valence-electron chi connectivity index (χ2n) is 5.73. The maximum absolute atomic E-state index is 11.5. The maximum atomic E-state index is 11.5. The summed E-state index contributed by atoms with van der Waals surface area (Å²) >= 11 is 0. The van der Waals surface area contributed by atoms with Gasteiger partial charge in [0.25, 0.3) is 0 Å². The van der Waals surface area contributed by atoms with Crippen molar-refractivity contribution in [1.82, 2.24) is 4.90 Å². The van der Waals surface area contributed by atoms with Gasteiger partial charge < -0.3 is 16.4 Å². The molecule has 0 radical (unpaired) electrons. The third-order valence-corrected chi connectivity index (χ3v) is 4.73. The highest BCUT2D eigenvalue weighted by molar-refractivity contribution is 5.85. The van der Waals surface area contributed by atoms with Crippen LogP contribution in [0.4, 0.5) is 0 Å². The van der Waals surface area contributed by atoms with E-state index in [-0.39, 0.29) is 11.8 Å². The van der Waals surface area contributed by atoms with E-state index in [9.17, 15) is 4.79 Å². The third kappa shape index (κ3) is 3.23. The number of hydrogen-bond donors (Lipinski definition) is 2. The molecule has 0 heterocycles. The molecule has 4 heteroatoms. The molecule has 0 aliphatic heterocycles. The van der Waals surface area contributed by atoms with Gasteiger partial charge in [0.1, 0.15) is 0 Å². The van der Waals surface area contributed by atoms with Crippen molar-refractivity contribution in [3.8, 4) is 0 Å². The van der Waals surface area contributed by atoms with E-state index in [1.165, 1.54) is 12.8 Å². The van der Waals surface area contributed by atoms with Crippen LogP contribution < -0.4 is 11.5 Å². The normalized spacial score (nSPS) is 28.2. The van der Waals surface area contributed by atoms with Crippen molar-refractivity contribution in [2.75, 3.05) is 13.6 Å². The van der Waals surface area contributed by atoms with Crippen molar-refractivity contribution in [3.05, 3.63) is 0 Å². The highest BCUT2D eigenvalue weighted by Crippen LogP contribution is 2.36. The molecule has 0 bridgehead atoms. The van der Waals surface area contributed by atoms with E-state index in [4.69, 9.17) is 11.5 Å². The average Bonchev–Trinajstić information content (AvgIpc) is 2.71. The first-order chi connectivity index (χ1) is 8.45. The van der Waals surface area contributed by atoms with Crippen LogP contribution >= 0.6 is 0 Å². The van der Waals surface area contributed by atoms with Gasteiger partial charge in [-0.3, -0.25) is 4.79 Å². The van der Waals surface area contributed by atoms with Crippen LogP contribution in [0.2, 0.25) is 0 Å². The zero-order chi connectivity index (χ0) is 13.8. The second-order valence-corrected chi connectivity index (χ2v) is 5.73. The first-order valence-corrected chi connectivity index (χ1v) is 7.24. The quantitative estimate of drug-likeness (QED) is 0.724. The summed E-state index contributed by atoms with van der Waals surface area (Å²) in [5.41, 5.74) is 10.9. The molecule has 2 atom stereocenters. The van der Waals surface area contributed by atoms with E-state index in [2.05, 4.69) is 25.8 Å². The number of hydrogen-bond acceptors (Lipinski definition) is 3. The Labute approximate surface area is 111 Å². The van der Waals surface area contributed by atoms with Gasteiger partial charge in [0.15, 0.2) is 0 Å². The summed E-state index contributed by atoms with van der Waals surface area (Å²) in [4.78, 5) is 13.9. The summed E-state index contributed by atoms with van der Waals surface area (Å²) in [6.07, 6.45) is 6.13. The SMILES string of the molecule is CCC(CC)N(C)CCC1CCCC1(N)C(N)=O. The molecule has 0 spiro atoms. The van der Waals surface area contributed by atoms with E-state index >= 15 is 0 Å². The van der Waals surface area contributed by atoms with Crippen LogP contribution in [0, 0.1) is 5.92 Å². The molecule has 1 rings (SSSR count). The summed E-state index contributed by atoms with van der Waals surface area (Å²) in [7, 11) is 2.16. The van der Waals surface area contributed by atoms with Gasteiger partial charge in [-0.2, -0.15) is 0 Å². The molecule has 1 amide bonds. The number of primary amides is 1. The number of nitrogens with two attached hydrogens (primary N) is 2. The van der Waals surface area contributed by atoms with Gasteiger partial charge in [-0.05, 0) is 51.6 Å². The van der Waals surface area contributed by atoms with Crippen molar-refractivity contribution in [1.29, 1.82) is 0 Å². The Morgan fingerprint density at radius 1 is 1.44 bits per heavy atom. The zero-order valence-electron chi connectivity index (χ0n) is 12.1. The fraction of sp³-hybridized carbons (Fsp3) is 0.929. The lowest BCUT2D eigenvalue weighted by atomic mass is 9.85. The van der Waals surface area contributed by atoms with E-state index in [1.54, 1.807) is 0 Å². The van der Waals surface area contributed by atoms with Crippen LogP contribution in [-0.4, -0.2) is 36.0 Å². The third-order valence-electron chi connectivity index (χ3n) is 4.73.